The van der Waals surface area contributed by atoms with Crippen LogP contribution in [0.25, 0.3) is 0 Å². The van der Waals surface area contributed by atoms with Crippen molar-refractivity contribution in [1.82, 2.24) is 0 Å². The monoisotopic (exact) mass is 248 g/mol. The quantitative estimate of drug-likeness (QED) is 0.594. The number of carbonyl (C=O) groups is 1. The number of aldehydes is 1. The van der Waals surface area contributed by atoms with Gasteiger partial charge in [-0.25, -0.2) is 0 Å². The second-order valence-corrected chi connectivity index (χ2v) is 4.60. The number of halogens is 5. The predicted octanol–water partition coefficient (Wildman–Crippen LogP) is 4.09. The molecule has 0 fully saturated rings. The standard InChI is InChI=1S/C7H5F5O2S/c8-15(9,10,11,12)14-7-4-2-1-3-6(7)5-13/h1-5H. The summed E-state index contributed by atoms with van der Waals surface area (Å²) in [5.41, 5.74) is -0.592. The molecule has 0 N–H and O–H groups in total. The lowest BCUT2D eigenvalue weighted by Crippen LogP contribution is -2.14. The zero-order valence-corrected chi connectivity index (χ0v) is 7.82. The Morgan fingerprint density at radius 2 is 1.60 bits per heavy atom. The average Bonchev–Trinajstić information content (AvgIpc) is 2.00. The van der Waals surface area contributed by atoms with Crippen LogP contribution in [0.5, 0.6) is 5.75 Å². The molecule has 1 rings (SSSR count). The van der Waals surface area contributed by atoms with Gasteiger partial charge in [-0.2, -0.15) is 0 Å². The Bertz CT molecular complexity index is 398. The van der Waals surface area contributed by atoms with Crippen molar-refractivity contribution in [3.05, 3.63) is 29.8 Å². The predicted molar refractivity (Wildman–Crippen MR) is 45.6 cm³/mol. The van der Waals surface area contributed by atoms with Crippen LogP contribution in [-0.2, 0) is 0 Å². The van der Waals surface area contributed by atoms with E-state index in [1.807, 2.05) is 0 Å². The molecule has 0 radical (unpaired) electrons. The number of carbonyl (C=O) groups excluding carboxylic acids is 1. The Balaban J connectivity index is 3.17. The van der Waals surface area contributed by atoms with Crippen LogP contribution in [0.1, 0.15) is 10.4 Å². The van der Waals surface area contributed by atoms with Gasteiger partial charge in [0.05, 0.1) is 5.56 Å². The first-order chi connectivity index (χ1) is 6.50. The minimum atomic E-state index is -10.0. The summed E-state index contributed by atoms with van der Waals surface area (Å²) in [5.74, 6) is -1.20. The first kappa shape index (κ1) is 11.8. The van der Waals surface area contributed by atoms with Gasteiger partial charge in [0, 0.05) is 0 Å². The highest BCUT2D eigenvalue weighted by atomic mass is 32.5. The van der Waals surface area contributed by atoms with Gasteiger partial charge in [0.1, 0.15) is 0 Å². The van der Waals surface area contributed by atoms with Crippen LogP contribution in [0.3, 0.4) is 0 Å². The van der Waals surface area contributed by atoms with E-state index in [9.17, 15) is 24.2 Å². The normalized spacial score (nSPS) is 16.3. The number of para-hydroxylation sites is 1. The average molecular weight is 248 g/mol. The van der Waals surface area contributed by atoms with Crippen molar-refractivity contribution >= 4 is 16.8 Å². The van der Waals surface area contributed by atoms with Gasteiger partial charge in [0.2, 0.25) is 0 Å². The van der Waals surface area contributed by atoms with E-state index >= 15 is 0 Å². The molecule has 86 valence electrons. The maximum Gasteiger partial charge on any atom is 0.435 e. The van der Waals surface area contributed by atoms with Gasteiger partial charge in [0.15, 0.2) is 12.0 Å². The number of hydrogen-bond donors (Lipinski definition) is 0. The Hall–Kier alpha value is -1.31. The third-order valence-electron chi connectivity index (χ3n) is 1.29. The fraction of sp³-hybridized carbons (Fsp3) is 0. The fourth-order valence-electron chi connectivity index (χ4n) is 0.823. The fourth-order valence-corrected chi connectivity index (χ4v) is 1.31. The van der Waals surface area contributed by atoms with E-state index in [1.54, 1.807) is 0 Å². The molecule has 0 atom stereocenters. The molecule has 0 spiro atoms. The summed E-state index contributed by atoms with van der Waals surface area (Å²) in [6.07, 6.45) is -0.00116. The Labute approximate surface area is 81.6 Å². The van der Waals surface area contributed by atoms with E-state index in [0.29, 0.717) is 6.07 Å². The zero-order valence-electron chi connectivity index (χ0n) is 7.00. The van der Waals surface area contributed by atoms with Crippen LogP contribution in [0, 0.1) is 0 Å². The molecule has 15 heavy (non-hydrogen) atoms. The lowest BCUT2D eigenvalue weighted by atomic mass is 10.2. The van der Waals surface area contributed by atoms with Crippen LogP contribution in [0.15, 0.2) is 24.3 Å². The molecule has 0 aliphatic heterocycles. The highest BCUT2D eigenvalue weighted by Gasteiger charge is 2.67. The molecule has 2 nitrogen and oxygen atoms in total. The van der Waals surface area contributed by atoms with E-state index in [2.05, 4.69) is 4.18 Å². The van der Waals surface area contributed by atoms with Gasteiger partial charge in [-0.05, 0) is 12.1 Å². The molecular weight excluding hydrogens is 243 g/mol. The van der Waals surface area contributed by atoms with Gasteiger partial charge >= 0.3 is 10.5 Å². The molecule has 1 aromatic rings. The molecule has 0 aliphatic carbocycles. The minimum absolute atomic E-state index is 0.00116. The van der Waals surface area contributed by atoms with Gasteiger partial charge in [-0.3, -0.25) is 4.79 Å². The van der Waals surface area contributed by atoms with Crippen molar-refractivity contribution in [2.75, 3.05) is 0 Å². The SMILES string of the molecule is O=Cc1ccccc1OS(F)(F)(F)(F)F. The Kier molecular flexibility index (Phi) is 2.06. The van der Waals surface area contributed by atoms with Gasteiger partial charge < -0.3 is 4.18 Å². The second-order valence-electron chi connectivity index (χ2n) is 2.64. The van der Waals surface area contributed by atoms with Gasteiger partial charge in [-0.15, -0.1) is 0 Å². The summed E-state index contributed by atoms with van der Waals surface area (Å²) in [4.78, 5) is 10.2. The lowest BCUT2D eigenvalue weighted by Gasteiger charge is -2.39. The summed E-state index contributed by atoms with van der Waals surface area (Å²) >= 11 is 0. The summed E-state index contributed by atoms with van der Waals surface area (Å²) in [7, 11) is -10.0. The Morgan fingerprint density at radius 3 is 2.07 bits per heavy atom. The third kappa shape index (κ3) is 4.15. The van der Waals surface area contributed by atoms with Crippen molar-refractivity contribution in [3.8, 4) is 5.75 Å². The summed E-state index contributed by atoms with van der Waals surface area (Å²) in [6, 6.07) is 3.85. The van der Waals surface area contributed by atoms with Crippen LogP contribution >= 0.6 is 10.5 Å². The minimum Gasteiger partial charge on any atom is -0.354 e. The van der Waals surface area contributed by atoms with Crippen LogP contribution < -0.4 is 4.18 Å². The molecular formula is C7H5F5O2S. The summed E-state index contributed by atoms with van der Waals surface area (Å²) < 4.78 is 62.1. The van der Waals surface area contributed by atoms with Crippen molar-refractivity contribution in [2.24, 2.45) is 0 Å². The van der Waals surface area contributed by atoms with Gasteiger partial charge in [-0.1, -0.05) is 31.6 Å². The maximum absolute atomic E-state index is 11.9. The van der Waals surface area contributed by atoms with Gasteiger partial charge in [0.25, 0.3) is 0 Å². The smallest absolute Gasteiger partial charge is 0.354 e. The molecule has 0 aliphatic rings. The molecule has 0 amide bonds. The largest absolute Gasteiger partial charge is 0.435 e. The van der Waals surface area contributed by atoms with E-state index in [-0.39, 0.29) is 6.29 Å². The summed E-state index contributed by atoms with van der Waals surface area (Å²) in [6.45, 7) is 0. The molecule has 8 heteroatoms. The highest BCUT2D eigenvalue weighted by molar-refractivity contribution is 8.42. The zero-order chi connectivity index (χ0) is 11.8. The molecule has 0 unspecified atom stereocenters. The number of benzene rings is 1. The van der Waals surface area contributed by atoms with Crippen LogP contribution in [0.4, 0.5) is 19.4 Å². The molecule has 0 aromatic heterocycles. The summed E-state index contributed by atoms with van der Waals surface area (Å²) in [5, 5.41) is 0. The van der Waals surface area contributed by atoms with Crippen LogP contribution in [0.2, 0.25) is 0 Å². The molecule has 0 bridgehead atoms. The van der Waals surface area contributed by atoms with E-state index in [0.717, 1.165) is 12.1 Å². The van der Waals surface area contributed by atoms with Crippen molar-refractivity contribution < 1.29 is 28.4 Å². The lowest BCUT2D eigenvalue weighted by molar-refractivity contribution is 0.112. The third-order valence-corrected chi connectivity index (χ3v) is 1.79. The molecule has 0 heterocycles. The van der Waals surface area contributed by atoms with E-state index < -0.39 is 21.8 Å². The number of rotatable bonds is 3. The number of hydrogen-bond acceptors (Lipinski definition) is 2. The van der Waals surface area contributed by atoms with Crippen molar-refractivity contribution in [1.29, 1.82) is 0 Å². The van der Waals surface area contributed by atoms with Crippen molar-refractivity contribution in [3.63, 3.8) is 0 Å². The van der Waals surface area contributed by atoms with E-state index in [4.69, 9.17) is 0 Å². The topological polar surface area (TPSA) is 26.3 Å². The first-order valence-corrected chi connectivity index (χ1v) is 5.37. The Morgan fingerprint density at radius 1 is 1.07 bits per heavy atom. The second kappa shape index (κ2) is 2.63. The molecule has 0 saturated heterocycles. The van der Waals surface area contributed by atoms with Crippen LogP contribution in [-0.4, -0.2) is 6.29 Å². The molecule has 1 aromatic carbocycles. The van der Waals surface area contributed by atoms with Crippen molar-refractivity contribution in [2.45, 2.75) is 0 Å². The maximum atomic E-state index is 11.9. The highest BCUT2D eigenvalue weighted by Crippen LogP contribution is 2.97. The van der Waals surface area contributed by atoms with E-state index in [1.165, 1.54) is 6.07 Å². The first-order valence-electron chi connectivity index (χ1n) is 3.49. The molecule has 0 saturated carbocycles.